The molecule has 5 nitrogen and oxygen atoms in total. The van der Waals surface area contributed by atoms with E-state index in [1.165, 1.54) is 0 Å². The maximum absolute atomic E-state index is 9.80. The first-order chi connectivity index (χ1) is 8.32. The van der Waals surface area contributed by atoms with Crippen LogP contribution in [0.15, 0.2) is 0 Å². The molecule has 0 unspecified atom stereocenters. The molecule has 0 saturated heterocycles. The minimum atomic E-state index is -0.412. The van der Waals surface area contributed by atoms with Crippen molar-refractivity contribution < 1.29 is 5.11 Å². The third-order valence-electron chi connectivity index (χ3n) is 3.57. The van der Waals surface area contributed by atoms with Gasteiger partial charge in [0.25, 0.3) is 0 Å². The molecule has 19 heavy (non-hydrogen) atoms. The molecule has 110 valence electrons. The van der Waals surface area contributed by atoms with Crippen LogP contribution in [0.2, 0.25) is 0 Å². The molecule has 3 atom stereocenters. The minimum absolute atomic E-state index is 0. The standard InChI is InChI=1S/C13H24N4O.ClH/c1-5-11-15-12(17(16-11)13(2,3)4)8-6-9(14)10(18)7-8;/h8-10,18H,5-7,14H2,1-4H3;1H/t8-,9+,10+;/m0./s1. The summed E-state index contributed by atoms with van der Waals surface area (Å²) in [6, 6.07) is -0.134. The highest BCUT2D eigenvalue weighted by Gasteiger charge is 2.36. The van der Waals surface area contributed by atoms with Crippen LogP contribution in [-0.2, 0) is 12.0 Å². The Morgan fingerprint density at radius 2 is 2.00 bits per heavy atom. The van der Waals surface area contributed by atoms with E-state index < -0.39 is 6.10 Å². The molecule has 1 aliphatic carbocycles. The summed E-state index contributed by atoms with van der Waals surface area (Å²) in [5, 5.41) is 14.4. The lowest BCUT2D eigenvalue weighted by Gasteiger charge is -2.23. The summed E-state index contributed by atoms with van der Waals surface area (Å²) in [4.78, 5) is 4.63. The van der Waals surface area contributed by atoms with Gasteiger partial charge in [0.05, 0.1) is 11.6 Å². The molecule has 0 aliphatic heterocycles. The van der Waals surface area contributed by atoms with E-state index in [1.807, 2.05) is 4.68 Å². The number of aryl methyl sites for hydroxylation is 1. The van der Waals surface area contributed by atoms with Gasteiger partial charge in [0, 0.05) is 18.4 Å². The Kier molecular flexibility index (Phi) is 4.98. The van der Waals surface area contributed by atoms with E-state index in [4.69, 9.17) is 5.73 Å². The zero-order chi connectivity index (χ0) is 13.5. The zero-order valence-electron chi connectivity index (χ0n) is 12.1. The summed E-state index contributed by atoms with van der Waals surface area (Å²) in [7, 11) is 0. The Labute approximate surface area is 121 Å². The maximum atomic E-state index is 9.80. The van der Waals surface area contributed by atoms with Crippen molar-refractivity contribution in [2.75, 3.05) is 0 Å². The predicted molar refractivity (Wildman–Crippen MR) is 77.6 cm³/mol. The Hall–Kier alpha value is -0.650. The predicted octanol–water partition coefficient (Wildman–Crippen LogP) is 1.58. The van der Waals surface area contributed by atoms with Gasteiger partial charge in [-0.15, -0.1) is 12.4 Å². The summed E-state index contributed by atoms with van der Waals surface area (Å²) < 4.78 is 2.00. The number of nitrogens with zero attached hydrogens (tertiary/aromatic N) is 3. The topological polar surface area (TPSA) is 77.0 Å². The maximum Gasteiger partial charge on any atom is 0.150 e. The van der Waals surface area contributed by atoms with Crippen LogP contribution < -0.4 is 5.73 Å². The summed E-state index contributed by atoms with van der Waals surface area (Å²) in [5.41, 5.74) is 5.81. The van der Waals surface area contributed by atoms with Crippen molar-refractivity contribution in [3.8, 4) is 0 Å². The van der Waals surface area contributed by atoms with Crippen LogP contribution in [-0.4, -0.2) is 32.0 Å². The molecule has 0 aromatic carbocycles. The molecule has 0 amide bonds. The van der Waals surface area contributed by atoms with Crippen molar-refractivity contribution in [2.24, 2.45) is 5.73 Å². The smallest absolute Gasteiger partial charge is 0.150 e. The first-order valence-electron chi connectivity index (χ1n) is 6.73. The second-order valence-corrected chi connectivity index (χ2v) is 6.22. The number of aromatic nitrogens is 3. The molecule has 2 rings (SSSR count). The SMILES string of the molecule is CCc1nc([C@H]2C[C@@H](N)[C@H](O)C2)n(C(C)(C)C)n1.Cl. The number of hydrogen-bond acceptors (Lipinski definition) is 4. The largest absolute Gasteiger partial charge is 0.391 e. The van der Waals surface area contributed by atoms with Gasteiger partial charge in [-0.1, -0.05) is 6.92 Å². The van der Waals surface area contributed by atoms with Gasteiger partial charge in [0.15, 0.2) is 5.82 Å². The van der Waals surface area contributed by atoms with Gasteiger partial charge in [0.2, 0.25) is 0 Å². The minimum Gasteiger partial charge on any atom is -0.391 e. The molecule has 1 saturated carbocycles. The van der Waals surface area contributed by atoms with Crippen molar-refractivity contribution in [3.63, 3.8) is 0 Å². The number of rotatable bonds is 2. The number of nitrogens with two attached hydrogens (primary N) is 1. The lowest BCUT2D eigenvalue weighted by Crippen LogP contribution is -2.28. The second-order valence-electron chi connectivity index (χ2n) is 6.22. The third kappa shape index (κ3) is 3.27. The molecular weight excluding hydrogens is 264 g/mol. The van der Waals surface area contributed by atoms with Crippen LogP contribution in [0, 0.1) is 0 Å². The number of hydrogen-bond donors (Lipinski definition) is 2. The molecule has 1 fully saturated rings. The quantitative estimate of drug-likeness (QED) is 0.866. The van der Waals surface area contributed by atoms with Crippen LogP contribution >= 0.6 is 12.4 Å². The average Bonchev–Trinajstić information content (AvgIpc) is 2.82. The zero-order valence-corrected chi connectivity index (χ0v) is 12.9. The average molecular weight is 289 g/mol. The molecule has 1 aliphatic rings. The van der Waals surface area contributed by atoms with E-state index in [1.54, 1.807) is 0 Å². The molecule has 0 spiro atoms. The Morgan fingerprint density at radius 3 is 2.42 bits per heavy atom. The molecule has 1 aromatic heterocycles. The van der Waals surface area contributed by atoms with Gasteiger partial charge in [-0.2, -0.15) is 5.10 Å². The van der Waals surface area contributed by atoms with Crippen LogP contribution in [0.1, 0.15) is 58.1 Å². The Balaban J connectivity index is 0.00000180. The Bertz CT molecular complexity index is 417. The second kappa shape index (κ2) is 5.77. The van der Waals surface area contributed by atoms with Crippen LogP contribution in [0.5, 0.6) is 0 Å². The van der Waals surface area contributed by atoms with Gasteiger partial charge in [0.1, 0.15) is 5.82 Å². The van der Waals surface area contributed by atoms with E-state index in [-0.39, 0.29) is 29.9 Å². The molecule has 0 bridgehead atoms. The van der Waals surface area contributed by atoms with Crippen molar-refractivity contribution in [2.45, 2.75) is 70.6 Å². The van der Waals surface area contributed by atoms with Crippen molar-refractivity contribution in [1.29, 1.82) is 0 Å². The molecular formula is C13H25ClN4O. The van der Waals surface area contributed by atoms with Gasteiger partial charge < -0.3 is 10.8 Å². The third-order valence-corrected chi connectivity index (χ3v) is 3.57. The normalized spacial score (nSPS) is 27.4. The molecule has 3 N–H and O–H groups in total. The van der Waals surface area contributed by atoms with Crippen LogP contribution in [0.3, 0.4) is 0 Å². The fourth-order valence-corrected chi connectivity index (χ4v) is 2.54. The van der Waals surface area contributed by atoms with E-state index in [2.05, 4.69) is 37.8 Å². The molecule has 1 heterocycles. The first-order valence-corrected chi connectivity index (χ1v) is 6.73. The summed E-state index contributed by atoms with van der Waals surface area (Å²) in [6.45, 7) is 8.42. The highest BCUT2D eigenvalue weighted by Crippen LogP contribution is 2.34. The fraction of sp³-hybridized carbons (Fsp3) is 0.846. The molecule has 6 heteroatoms. The summed E-state index contributed by atoms with van der Waals surface area (Å²) in [6.07, 6.45) is 1.90. The number of aliphatic hydroxyl groups excluding tert-OH is 1. The molecule has 1 aromatic rings. The van der Waals surface area contributed by atoms with Crippen molar-refractivity contribution >= 4 is 12.4 Å². The number of halogens is 1. The Morgan fingerprint density at radius 1 is 1.37 bits per heavy atom. The monoisotopic (exact) mass is 288 g/mol. The van der Waals surface area contributed by atoms with Gasteiger partial charge in [-0.05, 0) is 33.6 Å². The van der Waals surface area contributed by atoms with Gasteiger partial charge in [-0.25, -0.2) is 9.67 Å². The van der Waals surface area contributed by atoms with Crippen LogP contribution in [0.25, 0.3) is 0 Å². The van der Waals surface area contributed by atoms with Gasteiger partial charge in [-0.3, -0.25) is 0 Å². The van der Waals surface area contributed by atoms with Crippen LogP contribution in [0.4, 0.5) is 0 Å². The fourth-order valence-electron chi connectivity index (χ4n) is 2.54. The molecule has 0 radical (unpaired) electrons. The highest BCUT2D eigenvalue weighted by atomic mass is 35.5. The highest BCUT2D eigenvalue weighted by molar-refractivity contribution is 5.85. The van der Waals surface area contributed by atoms with Crippen molar-refractivity contribution in [3.05, 3.63) is 11.6 Å². The number of aliphatic hydroxyl groups is 1. The van der Waals surface area contributed by atoms with E-state index in [0.717, 1.165) is 24.5 Å². The van der Waals surface area contributed by atoms with Gasteiger partial charge >= 0.3 is 0 Å². The summed E-state index contributed by atoms with van der Waals surface area (Å²) >= 11 is 0. The van der Waals surface area contributed by atoms with E-state index in [9.17, 15) is 5.11 Å². The lowest BCUT2D eigenvalue weighted by atomic mass is 10.0. The van der Waals surface area contributed by atoms with E-state index >= 15 is 0 Å². The summed E-state index contributed by atoms with van der Waals surface area (Å²) in [5.74, 6) is 2.07. The van der Waals surface area contributed by atoms with Crippen molar-refractivity contribution in [1.82, 2.24) is 14.8 Å². The first kappa shape index (κ1) is 16.4. The van der Waals surface area contributed by atoms with E-state index in [0.29, 0.717) is 6.42 Å². The lowest BCUT2D eigenvalue weighted by molar-refractivity contribution is 0.163.